The minimum absolute atomic E-state index is 0.0225. The van der Waals surface area contributed by atoms with E-state index in [2.05, 4.69) is 16.3 Å². The second-order valence-corrected chi connectivity index (χ2v) is 11.4. The van der Waals surface area contributed by atoms with E-state index in [1.807, 2.05) is 0 Å². The number of halogens is 1. The zero-order chi connectivity index (χ0) is 25.7. The number of carbonyl (C=O) groups excluding carboxylic acids is 1. The van der Waals surface area contributed by atoms with Gasteiger partial charge in [-0.3, -0.25) is 9.52 Å². The third kappa shape index (κ3) is 4.70. The van der Waals surface area contributed by atoms with Crippen LogP contribution in [0.1, 0.15) is 42.7 Å². The molecule has 1 aromatic heterocycles. The number of primary amides is 1. The zero-order valence-corrected chi connectivity index (χ0v) is 20.9. The lowest BCUT2D eigenvalue weighted by Crippen LogP contribution is -2.34. The number of anilines is 1. The summed E-state index contributed by atoms with van der Waals surface area (Å²) in [4.78, 5) is 15.1. The minimum atomic E-state index is -3.75. The topological polar surface area (TPSA) is 125 Å². The van der Waals surface area contributed by atoms with E-state index in [9.17, 15) is 18.3 Å². The Kier molecular flexibility index (Phi) is 6.27. The van der Waals surface area contributed by atoms with Gasteiger partial charge in [0.15, 0.2) is 0 Å². The van der Waals surface area contributed by atoms with Crippen molar-refractivity contribution in [2.24, 2.45) is 11.7 Å². The highest BCUT2D eigenvalue weighted by molar-refractivity contribution is 7.95. The lowest BCUT2D eigenvalue weighted by molar-refractivity contribution is -0.117. The van der Waals surface area contributed by atoms with Crippen molar-refractivity contribution >= 4 is 32.5 Å². The van der Waals surface area contributed by atoms with Crippen LogP contribution < -0.4 is 10.5 Å². The van der Waals surface area contributed by atoms with E-state index >= 15 is 4.39 Å². The van der Waals surface area contributed by atoms with Crippen molar-refractivity contribution in [2.75, 3.05) is 4.72 Å². The van der Waals surface area contributed by atoms with Gasteiger partial charge in [0.05, 0.1) is 23.2 Å². The molecule has 1 aliphatic carbocycles. The lowest BCUT2D eigenvalue weighted by atomic mass is 9.77. The summed E-state index contributed by atoms with van der Waals surface area (Å²) in [6.45, 7) is 8.62. The van der Waals surface area contributed by atoms with Gasteiger partial charge in [0.1, 0.15) is 5.82 Å². The van der Waals surface area contributed by atoms with Gasteiger partial charge in [-0.2, -0.15) is 0 Å². The fourth-order valence-electron chi connectivity index (χ4n) is 5.05. The van der Waals surface area contributed by atoms with Crippen LogP contribution in [-0.2, 0) is 34.1 Å². The monoisotopic (exact) mass is 499 g/mol. The lowest BCUT2D eigenvalue weighted by Gasteiger charge is -2.32. The molecule has 1 amide bonds. The van der Waals surface area contributed by atoms with Crippen LogP contribution >= 0.6 is 0 Å². The van der Waals surface area contributed by atoms with E-state index in [0.29, 0.717) is 51.7 Å². The molecule has 1 atom stereocenters. The number of aromatic amines is 1. The van der Waals surface area contributed by atoms with Crippen LogP contribution in [0, 0.1) is 18.7 Å². The Morgan fingerprint density at radius 2 is 2.11 bits per heavy atom. The van der Waals surface area contributed by atoms with Crippen LogP contribution in [0.5, 0.6) is 0 Å². The molecule has 0 aliphatic heterocycles. The van der Waals surface area contributed by atoms with Gasteiger partial charge in [-0.25, -0.2) is 12.8 Å². The molecule has 2 aromatic carbocycles. The van der Waals surface area contributed by atoms with Crippen molar-refractivity contribution in [3.05, 3.63) is 64.5 Å². The Labute approximate surface area is 204 Å². The number of rotatable bonds is 7. The maximum atomic E-state index is 15.8. The van der Waals surface area contributed by atoms with Crippen LogP contribution in [-0.4, -0.2) is 30.0 Å². The molecule has 0 spiro atoms. The van der Waals surface area contributed by atoms with Crippen molar-refractivity contribution in [2.45, 2.75) is 52.1 Å². The quantitative estimate of drug-likeness (QED) is 0.391. The highest BCUT2D eigenvalue weighted by atomic mass is 32.2. The van der Waals surface area contributed by atoms with Crippen molar-refractivity contribution < 1.29 is 22.7 Å². The molecule has 35 heavy (non-hydrogen) atoms. The molecule has 0 saturated carbocycles. The first-order chi connectivity index (χ1) is 16.3. The van der Waals surface area contributed by atoms with E-state index in [1.165, 1.54) is 6.07 Å². The van der Waals surface area contributed by atoms with Gasteiger partial charge >= 0.3 is 0 Å². The number of amides is 1. The first-order valence-electron chi connectivity index (χ1n) is 11.4. The number of aromatic nitrogens is 1. The molecule has 1 heterocycles. The van der Waals surface area contributed by atoms with Gasteiger partial charge in [0, 0.05) is 22.1 Å². The van der Waals surface area contributed by atoms with Crippen LogP contribution in [0.4, 0.5) is 10.1 Å². The van der Waals surface area contributed by atoms with E-state index in [0.717, 1.165) is 23.1 Å². The number of fused-ring (bicyclic) bond motifs is 3. The molecule has 0 unspecified atom stereocenters. The van der Waals surface area contributed by atoms with Crippen molar-refractivity contribution in [3.8, 4) is 11.1 Å². The maximum Gasteiger partial charge on any atom is 0.254 e. The number of aryl methyl sites for hydroxylation is 1. The summed E-state index contributed by atoms with van der Waals surface area (Å²) in [5.74, 6) is -1.07. The second-order valence-electron chi connectivity index (χ2n) is 9.75. The molecular formula is C26H30FN3O4S. The van der Waals surface area contributed by atoms with E-state index < -0.39 is 27.3 Å². The highest BCUT2D eigenvalue weighted by Gasteiger charge is 2.34. The molecule has 186 valence electrons. The number of aliphatic hydroxyl groups is 1. The van der Waals surface area contributed by atoms with Gasteiger partial charge in [-0.05, 0) is 80.3 Å². The molecule has 3 aromatic rings. The van der Waals surface area contributed by atoms with Crippen LogP contribution in [0.25, 0.3) is 22.0 Å². The van der Waals surface area contributed by atoms with Gasteiger partial charge in [0.2, 0.25) is 5.91 Å². The number of hydrogen-bond acceptors (Lipinski definition) is 4. The van der Waals surface area contributed by atoms with E-state index in [1.54, 1.807) is 39.0 Å². The standard InChI is InChI=1S/C26H30FN3O4S/c1-5-35(33,34)30-20-8-6-7-17(14(20)2)23-19(27)11-15(12-22(28)31)25-24(23)18-10-9-16(26(3,4)32)13-21(18)29-25/h5-8,11,16,29-30,32H,1,9-10,12-13H2,2-4H3,(H2,28,31)/t16-/m1/s1. The Hall–Kier alpha value is -3.17. The molecule has 0 bridgehead atoms. The second kappa shape index (κ2) is 8.80. The van der Waals surface area contributed by atoms with Crippen LogP contribution in [0.2, 0.25) is 0 Å². The predicted molar refractivity (Wildman–Crippen MR) is 136 cm³/mol. The molecule has 0 saturated heterocycles. The fraction of sp³-hybridized carbons (Fsp3) is 0.346. The molecule has 5 N–H and O–H groups in total. The van der Waals surface area contributed by atoms with E-state index in [-0.39, 0.29) is 12.3 Å². The number of nitrogens with one attached hydrogen (secondary N) is 2. The number of sulfonamides is 1. The SMILES string of the molecule is C=CS(=O)(=O)Nc1cccc(-c2c(F)cc(CC(N)=O)c3[nH]c4c(c23)CC[C@@H](C(C)(C)O)C4)c1C. The number of nitrogens with two attached hydrogens (primary N) is 1. The molecule has 1 aliphatic rings. The van der Waals surface area contributed by atoms with Crippen LogP contribution in [0.15, 0.2) is 36.3 Å². The molecule has 4 rings (SSSR count). The number of benzene rings is 2. The molecular weight excluding hydrogens is 469 g/mol. The summed E-state index contributed by atoms with van der Waals surface area (Å²) in [6.07, 6.45) is 1.81. The van der Waals surface area contributed by atoms with Crippen molar-refractivity contribution in [1.82, 2.24) is 4.98 Å². The third-order valence-electron chi connectivity index (χ3n) is 6.93. The Morgan fingerprint density at radius 1 is 1.40 bits per heavy atom. The van der Waals surface area contributed by atoms with Crippen LogP contribution in [0.3, 0.4) is 0 Å². The summed E-state index contributed by atoms with van der Waals surface area (Å²) in [5.41, 5.74) is 9.27. The number of H-pyrrole nitrogens is 1. The van der Waals surface area contributed by atoms with Crippen molar-refractivity contribution in [3.63, 3.8) is 0 Å². The number of hydrogen-bond donors (Lipinski definition) is 4. The fourth-order valence-corrected chi connectivity index (χ4v) is 5.66. The minimum Gasteiger partial charge on any atom is -0.390 e. The summed E-state index contributed by atoms with van der Waals surface area (Å²) >= 11 is 0. The summed E-state index contributed by atoms with van der Waals surface area (Å²) in [5, 5.41) is 12.1. The summed E-state index contributed by atoms with van der Waals surface area (Å²) in [6, 6.07) is 6.33. The first-order valence-corrected chi connectivity index (χ1v) is 13.0. The average Bonchev–Trinajstić information content (AvgIpc) is 3.14. The Balaban J connectivity index is 1.98. The Morgan fingerprint density at radius 3 is 2.74 bits per heavy atom. The van der Waals surface area contributed by atoms with Crippen molar-refractivity contribution in [1.29, 1.82) is 0 Å². The Bertz CT molecular complexity index is 1450. The molecule has 7 nitrogen and oxygen atoms in total. The first kappa shape index (κ1) is 24.9. The largest absolute Gasteiger partial charge is 0.390 e. The third-order valence-corrected chi connectivity index (χ3v) is 7.88. The summed E-state index contributed by atoms with van der Waals surface area (Å²) < 4.78 is 42.4. The molecule has 9 heteroatoms. The molecule has 0 radical (unpaired) electrons. The predicted octanol–water partition coefficient (Wildman–Crippen LogP) is 4.07. The molecule has 0 fully saturated rings. The number of carbonyl (C=O) groups is 1. The smallest absolute Gasteiger partial charge is 0.254 e. The van der Waals surface area contributed by atoms with Gasteiger partial charge in [0.25, 0.3) is 10.0 Å². The average molecular weight is 500 g/mol. The normalized spacial score (nSPS) is 16.2. The van der Waals surface area contributed by atoms with E-state index in [4.69, 9.17) is 5.73 Å². The maximum absolute atomic E-state index is 15.8. The highest BCUT2D eigenvalue weighted by Crippen LogP contribution is 2.43. The van der Waals surface area contributed by atoms with Gasteiger partial charge in [-0.1, -0.05) is 18.7 Å². The van der Waals surface area contributed by atoms with Gasteiger partial charge in [-0.15, -0.1) is 0 Å². The van der Waals surface area contributed by atoms with Gasteiger partial charge < -0.3 is 15.8 Å². The summed E-state index contributed by atoms with van der Waals surface area (Å²) in [7, 11) is -3.75. The zero-order valence-electron chi connectivity index (χ0n) is 20.0.